The molecule has 0 atom stereocenters. The normalized spacial score (nSPS) is 15.3. The monoisotopic (exact) mass is 444 g/mol. The molecule has 0 radical (unpaired) electrons. The number of aromatic nitrogens is 1. The predicted octanol–water partition coefficient (Wildman–Crippen LogP) is 5.26. The van der Waals surface area contributed by atoms with Crippen molar-refractivity contribution in [1.29, 1.82) is 0 Å². The first-order valence-corrected chi connectivity index (χ1v) is 10.0. The summed E-state index contributed by atoms with van der Waals surface area (Å²) < 4.78 is 6.89. The number of allylic oxidation sites excluding steroid dienone is 1. The molecule has 5 nitrogen and oxygen atoms in total. The van der Waals surface area contributed by atoms with E-state index < -0.39 is 5.97 Å². The SMILES string of the molecule is C=CCN1C(=O)/C(=C\c2cc(C)n(-c3cc(Cl)ccc3Cl)c2C)C(C(=O)OC)=C1C. The van der Waals surface area contributed by atoms with Crippen LogP contribution < -0.4 is 0 Å². The first-order valence-electron chi connectivity index (χ1n) is 9.29. The molecular weight excluding hydrogens is 423 g/mol. The number of aryl methyl sites for hydroxylation is 1. The second-order valence-corrected chi connectivity index (χ2v) is 7.82. The Labute approximate surface area is 185 Å². The highest BCUT2D eigenvalue weighted by atomic mass is 35.5. The van der Waals surface area contributed by atoms with E-state index in [4.69, 9.17) is 27.9 Å². The molecular formula is C23H22Cl2N2O3. The molecule has 2 aromatic rings. The van der Waals surface area contributed by atoms with Gasteiger partial charge in [0.1, 0.15) is 0 Å². The Morgan fingerprint density at radius 3 is 2.53 bits per heavy atom. The van der Waals surface area contributed by atoms with Crippen LogP contribution in [-0.4, -0.2) is 35.0 Å². The molecule has 2 heterocycles. The molecule has 0 N–H and O–H groups in total. The Morgan fingerprint density at radius 1 is 1.20 bits per heavy atom. The number of rotatable bonds is 5. The minimum atomic E-state index is -0.551. The van der Waals surface area contributed by atoms with E-state index in [1.165, 1.54) is 12.0 Å². The Bertz CT molecular complexity index is 1130. The number of esters is 1. The molecule has 1 aliphatic rings. The third-order valence-electron chi connectivity index (χ3n) is 5.13. The van der Waals surface area contributed by atoms with Crippen molar-refractivity contribution in [2.24, 2.45) is 0 Å². The van der Waals surface area contributed by atoms with Crippen molar-refractivity contribution in [3.8, 4) is 5.69 Å². The number of carbonyl (C=O) groups is 2. The van der Waals surface area contributed by atoms with Gasteiger partial charge in [-0.3, -0.25) is 4.79 Å². The minimum Gasteiger partial charge on any atom is -0.465 e. The summed E-state index contributed by atoms with van der Waals surface area (Å²) in [6.07, 6.45) is 3.34. The van der Waals surface area contributed by atoms with Gasteiger partial charge in [0.05, 0.1) is 29.0 Å². The Kier molecular flexibility index (Phi) is 6.25. The molecule has 1 aromatic carbocycles. The number of methoxy groups -OCH3 is 1. The number of halogens is 2. The van der Waals surface area contributed by atoms with Gasteiger partial charge in [0.15, 0.2) is 0 Å². The lowest BCUT2D eigenvalue weighted by molar-refractivity contribution is -0.136. The fourth-order valence-electron chi connectivity index (χ4n) is 3.69. The van der Waals surface area contributed by atoms with Crippen molar-refractivity contribution in [1.82, 2.24) is 9.47 Å². The van der Waals surface area contributed by atoms with E-state index in [1.54, 1.807) is 37.3 Å². The van der Waals surface area contributed by atoms with E-state index in [1.807, 2.05) is 24.5 Å². The minimum absolute atomic E-state index is 0.259. The lowest BCUT2D eigenvalue weighted by atomic mass is 10.0. The molecule has 0 saturated heterocycles. The molecule has 3 rings (SSSR count). The molecule has 0 fully saturated rings. The van der Waals surface area contributed by atoms with Crippen LogP contribution in [0.3, 0.4) is 0 Å². The summed E-state index contributed by atoms with van der Waals surface area (Å²) in [4.78, 5) is 27.0. The van der Waals surface area contributed by atoms with Gasteiger partial charge in [-0.05, 0) is 56.7 Å². The molecule has 156 valence electrons. The molecule has 30 heavy (non-hydrogen) atoms. The molecule has 7 heteroatoms. The van der Waals surface area contributed by atoms with Crippen LogP contribution in [0.1, 0.15) is 23.9 Å². The fourth-order valence-corrected chi connectivity index (χ4v) is 4.06. The highest BCUT2D eigenvalue weighted by Crippen LogP contribution is 2.34. The quantitative estimate of drug-likeness (QED) is 0.359. The number of carbonyl (C=O) groups excluding carboxylic acids is 2. The topological polar surface area (TPSA) is 51.5 Å². The summed E-state index contributed by atoms with van der Waals surface area (Å²) in [5.41, 5.74) is 4.41. The van der Waals surface area contributed by atoms with E-state index in [-0.39, 0.29) is 11.5 Å². The van der Waals surface area contributed by atoms with Gasteiger partial charge in [-0.25, -0.2) is 4.79 Å². The maximum Gasteiger partial charge on any atom is 0.340 e. The lowest BCUT2D eigenvalue weighted by Gasteiger charge is -2.14. The predicted molar refractivity (Wildman–Crippen MR) is 120 cm³/mol. The summed E-state index contributed by atoms with van der Waals surface area (Å²) >= 11 is 12.6. The largest absolute Gasteiger partial charge is 0.465 e. The Balaban J connectivity index is 2.17. The van der Waals surface area contributed by atoms with Crippen molar-refractivity contribution in [2.45, 2.75) is 20.8 Å². The standard InChI is InChI=1S/C23H22Cl2N2O3/c1-6-9-26-15(4)21(23(29)30-5)18(22(26)28)11-16-10-13(2)27(14(16)3)20-12-17(24)7-8-19(20)25/h6-8,10-12H,1,9H2,2-5H3/b18-11-. The van der Waals surface area contributed by atoms with Crippen LogP contribution >= 0.6 is 23.2 Å². The van der Waals surface area contributed by atoms with Crippen LogP contribution in [0.15, 0.2) is 53.8 Å². The van der Waals surface area contributed by atoms with Crippen LogP contribution in [0.5, 0.6) is 0 Å². The molecule has 0 saturated carbocycles. The number of ether oxygens (including phenoxy) is 1. The summed E-state index contributed by atoms with van der Waals surface area (Å²) in [6.45, 7) is 9.58. The number of hydrogen-bond acceptors (Lipinski definition) is 3. The first-order chi connectivity index (χ1) is 14.2. The second kappa shape index (κ2) is 8.54. The van der Waals surface area contributed by atoms with Crippen molar-refractivity contribution in [2.75, 3.05) is 13.7 Å². The van der Waals surface area contributed by atoms with Gasteiger partial charge in [-0.1, -0.05) is 29.3 Å². The Hall–Kier alpha value is -2.76. The van der Waals surface area contributed by atoms with Gasteiger partial charge in [0, 0.05) is 28.7 Å². The van der Waals surface area contributed by atoms with Crippen LogP contribution in [-0.2, 0) is 14.3 Å². The van der Waals surface area contributed by atoms with E-state index in [0.717, 1.165) is 22.6 Å². The molecule has 0 unspecified atom stereocenters. The number of nitrogens with zero attached hydrogens (tertiary/aromatic N) is 2. The third kappa shape index (κ3) is 3.71. The summed E-state index contributed by atoms with van der Waals surface area (Å²) in [5, 5.41) is 1.12. The molecule has 0 bridgehead atoms. The van der Waals surface area contributed by atoms with Gasteiger partial charge in [0.2, 0.25) is 0 Å². The van der Waals surface area contributed by atoms with E-state index in [2.05, 4.69) is 6.58 Å². The Morgan fingerprint density at radius 2 is 1.90 bits per heavy atom. The van der Waals surface area contributed by atoms with Crippen molar-refractivity contribution in [3.63, 3.8) is 0 Å². The van der Waals surface area contributed by atoms with Crippen LogP contribution in [0.25, 0.3) is 11.8 Å². The molecule has 0 aliphatic carbocycles. The number of benzene rings is 1. The zero-order valence-corrected chi connectivity index (χ0v) is 18.8. The molecule has 1 aromatic heterocycles. The number of amides is 1. The van der Waals surface area contributed by atoms with Crippen LogP contribution in [0, 0.1) is 13.8 Å². The van der Waals surface area contributed by atoms with E-state index in [0.29, 0.717) is 27.9 Å². The highest BCUT2D eigenvalue weighted by Gasteiger charge is 2.36. The summed E-state index contributed by atoms with van der Waals surface area (Å²) in [5.74, 6) is -0.816. The van der Waals surface area contributed by atoms with Crippen molar-refractivity contribution in [3.05, 3.63) is 80.8 Å². The zero-order chi connectivity index (χ0) is 22.2. The summed E-state index contributed by atoms with van der Waals surface area (Å²) in [6, 6.07) is 7.20. The van der Waals surface area contributed by atoms with Gasteiger partial charge < -0.3 is 14.2 Å². The van der Waals surface area contributed by atoms with Gasteiger partial charge in [0.25, 0.3) is 5.91 Å². The average Bonchev–Trinajstić information content (AvgIpc) is 3.11. The first kappa shape index (κ1) is 21.9. The van der Waals surface area contributed by atoms with Crippen molar-refractivity contribution < 1.29 is 14.3 Å². The fraction of sp³-hybridized carbons (Fsp3) is 0.217. The average molecular weight is 445 g/mol. The highest BCUT2D eigenvalue weighted by molar-refractivity contribution is 6.34. The van der Waals surface area contributed by atoms with Crippen LogP contribution in [0.2, 0.25) is 10.0 Å². The van der Waals surface area contributed by atoms with Gasteiger partial charge in [-0.2, -0.15) is 0 Å². The smallest absolute Gasteiger partial charge is 0.340 e. The van der Waals surface area contributed by atoms with Gasteiger partial charge >= 0.3 is 5.97 Å². The van der Waals surface area contributed by atoms with Crippen LogP contribution in [0.4, 0.5) is 0 Å². The van der Waals surface area contributed by atoms with E-state index >= 15 is 0 Å². The third-order valence-corrected chi connectivity index (χ3v) is 5.69. The maximum atomic E-state index is 13.0. The lowest BCUT2D eigenvalue weighted by Crippen LogP contribution is -2.25. The summed E-state index contributed by atoms with van der Waals surface area (Å²) in [7, 11) is 1.30. The molecule has 0 spiro atoms. The van der Waals surface area contributed by atoms with E-state index in [9.17, 15) is 9.59 Å². The van der Waals surface area contributed by atoms with Crippen molar-refractivity contribution >= 4 is 41.2 Å². The molecule has 1 amide bonds. The molecule has 1 aliphatic heterocycles. The maximum absolute atomic E-state index is 13.0. The van der Waals surface area contributed by atoms with Gasteiger partial charge in [-0.15, -0.1) is 6.58 Å². The number of hydrogen-bond donors (Lipinski definition) is 0. The second-order valence-electron chi connectivity index (χ2n) is 6.97. The zero-order valence-electron chi connectivity index (χ0n) is 17.3.